The number of ether oxygens (including phenoxy) is 1. The van der Waals surface area contributed by atoms with E-state index < -0.39 is 12.6 Å². The van der Waals surface area contributed by atoms with Crippen molar-refractivity contribution in [3.8, 4) is 5.75 Å². The van der Waals surface area contributed by atoms with Crippen molar-refractivity contribution < 1.29 is 19.4 Å². The topological polar surface area (TPSA) is 79.2 Å². The Kier molecular flexibility index (Phi) is 6.43. The largest absolute Gasteiger partial charge is 0.482 e. The number of carboxylic acids is 1. The van der Waals surface area contributed by atoms with E-state index in [-0.39, 0.29) is 5.91 Å². The van der Waals surface area contributed by atoms with Crippen LogP contribution in [0.15, 0.2) is 63.3 Å². The number of likely N-dealkylation sites (N-methyl/N-ethyl adjacent to an activating group) is 1. The number of carbonyl (C=O) groups excluding carboxylic acids is 1. The first-order chi connectivity index (χ1) is 13.5. The van der Waals surface area contributed by atoms with Gasteiger partial charge in [-0.3, -0.25) is 9.69 Å². The number of nitrogens with zero attached hydrogens (tertiary/aromatic N) is 2. The van der Waals surface area contributed by atoms with E-state index in [1.54, 1.807) is 49.2 Å². The third kappa shape index (κ3) is 4.96. The molecule has 0 aromatic heterocycles. The highest BCUT2D eigenvalue weighted by molar-refractivity contribution is 8.18. The van der Waals surface area contributed by atoms with Crippen LogP contribution < -0.4 is 4.74 Å². The van der Waals surface area contributed by atoms with E-state index in [9.17, 15) is 9.59 Å². The molecule has 1 aliphatic rings. The van der Waals surface area contributed by atoms with Crippen molar-refractivity contribution in [3.05, 3.63) is 59.0 Å². The first-order valence-corrected chi connectivity index (χ1v) is 10.4. The molecule has 0 saturated carbocycles. The molecule has 8 heteroatoms. The predicted molar refractivity (Wildman–Crippen MR) is 113 cm³/mol. The van der Waals surface area contributed by atoms with Crippen molar-refractivity contribution in [1.29, 1.82) is 0 Å². The van der Waals surface area contributed by atoms with Crippen molar-refractivity contribution in [2.75, 3.05) is 19.9 Å². The quantitative estimate of drug-likeness (QED) is 0.566. The second-order valence-electron chi connectivity index (χ2n) is 5.82. The number of thioether (sulfide) groups is 2. The van der Waals surface area contributed by atoms with Crippen LogP contribution >= 0.6 is 23.5 Å². The number of hydrogen-bond donors (Lipinski definition) is 1. The van der Waals surface area contributed by atoms with Crippen molar-refractivity contribution in [2.45, 2.75) is 4.90 Å². The normalized spacial score (nSPS) is 16.8. The summed E-state index contributed by atoms with van der Waals surface area (Å²) in [5.74, 6) is -0.684. The molecule has 2 aromatic carbocycles. The second-order valence-corrected chi connectivity index (χ2v) is 7.71. The lowest BCUT2D eigenvalue weighted by Crippen LogP contribution is -2.23. The summed E-state index contributed by atoms with van der Waals surface area (Å²) in [7, 11) is 1.70. The molecule has 0 unspecified atom stereocenters. The Morgan fingerprint density at radius 1 is 1.29 bits per heavy atom. The molecule has 0 radical (unpaired) electrons. The SMILES string of the molecule is CSc1cccc(N=C2S/C(=C/c3ccc(OCC(=O)O)cc3)C(=O)N2C)c1. The van der Waals surface area contributed by atoms with Gasteiger partial charge in [0.15, 0.2) is 11.8 Å². The van der Waals surface area contributed by atoms with Gasteiger partial charge in [-0.2, -0.15) is 0 Å². The van der Waals surface area contributed by atoms with Gasteiger partial charge in [-0.1, -0.05) is 18.2 Å². The Morgan fingerprint density at radius 2 is 2.04 bits per heavy atom. The molecule has 0 aliphatic carbocycles. The van der Waals surface area contributed by atoms with Gasteiger partial charge < -0.3 is 9.84 Å². The standard InChI is InChI=1S/C20H18N2O4S2/c1-22-19(25)17(10-13-6-8-15(9-7-13)26-12-18(23)24)28-20(22)21-14-4-3-5-16(11-14)27-2/h3-11H,12H2,1-2H3,(H,23,24)/b17-10+,21-20?. The molecule has 0 spiro atoms. The minimum Gasteiger partial charge on any atom is -0.482 e. The molecule has 3 rings (SSSR count). The number of carbonyl (C=O) groups is 2. The number of hydrogen-bond acceptors (Lipinski definition) is 6. The molecular formula is C20H18N2O4S2. The van der Waals surface area contributed by atoms with Gasteiger partial charge in [0.2, 0.25) is 0 Å². The highest BCUT2D eigenvalue weighted by Gasteiger charge is 2.30. The zero-order valence-corrected chi connectivity index (χ0v) is 16.9. The highest BCUT2D eigenvalue weighted by atomic mass is 32.2. The fourth-order valence-corrected chi connectivity index (χ4v) is 3.84. The van der Waals surface area contributed by atoms with Crippen LogP contribution in [0.5, 0.6) is 5.75 Å². The molecule has 1 N–H and O–H groups in total. The maximum Gasteiger partial charge on any atom is 0.341 e. The zero-order chi connectivity index (χ0) is 20.1. The van der Waals surface area contributed by atoms with Gasteiger partial charge in [0, 0.05) is 11.9 Å². The van der Waals surface area contributed by atoms with E-state index in [0.29, 0.717) is 15.8 Å². The third-order valence-corrected chi connectivity index (χ3v) is 5.61. The predicted octanol–water partition coefficient (Wildman–Crippen LogP) is 4.11. The Labute approximate surface area is 171 Å². The Hall–Kier alpha value is -2.71. The zero-order valence-electron chi connectivity index (χ0n) is 15.3. The monoisotopic (exact) mass is 414 g/mol. The van der Waals surface area contributed by atoms with Crippen molar-refractivity contribution >= 4 is 52.3 Å². The number of aliphatic imine (C=N–C) groups is 1. The molecule has 28 heavy (non-hydrogen) atoms. The summed E-state index contributed by atoms with van der Waals surface area (Å²) < 4.78 is 5.11. The minimum atomic E-state index is -1.03. The van der Waals surface area contributed by atoms with E-state index in [4.69, 9.17) is 9.84 Å². The highest BCUT2D eigenvalue weighted by Crippen LogP contribution is 2.33. The lowest BCUT2D eigenvalue weighted by molar-refractivity contribution is -0.139. The van der Waals surface area contributed by atoms with Crippen LogP contribution in [0.4, 0.5) is 5.69 Å². The maximum atomic E-state index is 12.5. The molecular weight excluding hydrogens is 396 g/mol. The summed E-state index contributed by atoms with van der Waals surface area (Å²) in [5, 5.41) is 9.26. The number of amides is 1. The molecule has 6 nitrogen and oxygen atoms in total. The molecule has 0 bridgehead atoms. The smallest absolute Gasteiger partial charge is 0.341 e. The summed E-state index contributed by atoms with van der Waals surface area (Å²) in [5.41, 5.74) is 1.62. The fraction of sp³-hybridized carbons (Fsp3) is 0.150. The molecule has 1 amide bonds. The van der Waals surface area contributed by atoms with Gasteiger partial charge in [-0.25, -0.2) is 9.79 Å². The average molecular weight is 415 g/mol. The lowest BCUT2D eigenvalue weighted by atomic mass is 10.2. The first-order valence-electron chi connectivity index (χ1n) is 8.31. The van der Waals surface area contributed by atoms with E-state index in [1.807, 2.05) is 30.5 Å². The summed E-state index contributed by atoms with van der Waals surface area (Å²) in [6.45, 7) is -0.392. The molecule has 1 aliphatic heterocycles. The van der Waals surface area contributed by atoms with Gasteiger partial charge in [-0.15, -0.1) is 11.8 Å². The number of carboxylic acid groups (broad SMARTS) is 1. The van der Waals surface area contributed by atoms with Crippen LogP contribution in [0.1, 0.15) is 5.56 Å². The number of benzene rings is 2. The van der Waals surface area contributed by atoms with E-state index >= 15 is 0 Å². The first kappa shape index (κ1) is 20.0. The molecule has 1 heterocycles. The van der Waals surface area contributed by atoms with Gasteiger partial charge >= 0.3 is 5.97 Å². The van der Waals surface area contributed by atoms with Crippen LogP contribution in [0, 0.1) is 0 Å². The van der Waals surface area contributed by atoms with Crippen LogP contribution in [-0.2, 0) is 9.59 Å². The Morgan fingerprint density at radius 3 is 2.71 bits per heavy atom. The minimum absolute atomic E-state index is 0.115. The van der Waals surface area contributed by atoms with Gasteiger partial charge in [0.1, 0.15) is 5.75 Å². The van der Waals surface area contributed by atoms with Crippen LogP contribution in [-0.4, -0.2) is 47.0 Å². The molecule has 144 valence electrons. The fourth-order valence-electron chi connectivity index (χ4n) is 2.40. The summed E-state index contributed by atoms with van der Waals surface area (Å²) in [4.78, 5) is 30.9. The van der Waals surface area contributed by atoms with Crippen molar-refractivity contribution in [3.63, 3.8) is 0 Å². The maximum absolute atomic E-state index is 12.5. The number of rotatable bonds is 6. The van der Waals surface area contributed by atoms with Crippen molar-refractivity contribution in [2.24, 2.45) is 4.99 Å². The van der Waals surface area contributed by atoms with Gasteiger partial charge in [-0.05, 0) is 60.0 Å². The summed E-state index contributed by atoms with van der Waals surface area (Å²) in [6.07, 6.45) is 3.79. The lowest BCUT2D eigenvalue weighted by Gasteiger charge is -2.07. The molecule has 1 saturated heterocycles. The number of amidine groups is 1. The molecule has 0 atom stereocenters. The Bertz CT molecular complexity index is 955. The summed E-state index contributed by atoms with van der Waals surface area (Å²) in [6, 6.07) is 14.7. The molecule has 1 fully saturated rings. The van der Waals surface area contributed by atoms with Gasteiger partial charge in [0.05, 0.1) is 10.6 Å². The molecule has 2 aromatic rings. The van der Waals surface area contributed by atoms with Crippen LogP contribution in [0.2, 0.25) is 0 Å². The second kappa shape index (κ2) is 8.99. The number of aliphatic carboxylic acids is 1. The Balaban J connectivity index is 1.77. The van der Waals surface area contributed by atoms with Gasteiger partial charge in [0.25, 0.3) is 5.91 Å². The van der Waals surface area contributed by atoms with E-state index in [0.717, 1.165) is 16.1 Å². The van der Waals surface area contributed by atoms with Crippen molar-refractivity contribution in [1.82, 2.24) is 4.90 Å². The summed E-state index contributed by atoms with van der Waals surface area (Å²) >= 11 is 2.96. The van der Waals surface area contributed by atoms with Crippen LogP contribution in [0.25, 0.3) is 6.08 Å². The third-order valence-electron chi connectivity index (χ3n) is 3.82. The van der Waals surface area contributed by atoms with E-state index in [2.05, 4.69) is 4.99 Å². The van der Waals surface area contributed by atoms with Crippen LogP contribution in [0.3, 0.4) is 0 Å². The van der Waals surface area contributed by atoms with E-state index in [1.165, 1.54) is 16.7 Å². The average Bonchev–Trinajstić information content (AvgIpc) is 2.95.